The quantitative estimate of drug-likeness (QED) is 0.570. The Morgan fingerprint density at radius 1 is 1.25 bits per heavy atom. The maximum atomic E-state index is 13.7. The fraction of sp³-hybridized carbons (Fsp3) is 0.118. The van der Waals surface area contributed by atoms with E-state index in [9.17, 15) is 4.39 Å². The summed E-state index contributed by atoms with van der Waals surface area (Å²) < 4.78 is 20.7. The highest BCUT2D eigenvalue weighted by Gasteiger charge is 2.07. The van der Waals surface area contributed by atoms with Gasteiger partial charge in [-0.25, -0.2) is 4.39 Å². The average molecular weight is 342 g/mol. The molecule has 24 heavy (non-hydrogen) atoms. The lowest BCUT2D eigenvalue weighted by atomic mass is 10.1. The molecule has 0 saturated carbocycles. The van der Waals surface area contributed by atoms with Crippen LogP contribution < -0.4 is 4.74 Å². The first kappa shape index (κ1) is 16.1. The molecule has 0 atom stereocenters. The highest BCUT2D eigenvalue weighted by Crippen LogP contribution is 2.14. The summed E-state index contributed by atoms with van der Waals surface area (Å²) in [6, 6.07) is 14.1. The number of aromatic nitrogens is 3. The van der Waals surface area contributed by atoms with Gasteiger partial charge < -0.3 is 4.74 Å². The van der Waals surface area contributed by atoms with Crippen molar-refractivity contribution >= 4 is 18.4 Å². The Morgan fingerprint density at radius 3 is 2.71 bits per heavy atom. The molecule has 7 heteroatoms. The van der Waals surface area contributed by atoms with Gasteiger partial charge in [-0.15, -0.1) is 0 Å². The van der Waals surface area contributed by atoms with E-state index in [2.05, 4.69) is 15.3 Å². The fourth-order valence-corrected chi connectivity index (χ4v) is 2.38. The number of hydrogen-bond donors (Lipinski definition) is 1. The van der Waals surface area contributed by atoms with Crippen molar-refractivity contribution in [2.45, 2.75) is 6.42 Å². The standard InChI is InChI=1S/C17H15FN4OS/c1-23-14-8-6-12(7-9-14)10-16-20-21-17(24)22(16)19-11-13-4-2-3-5-15(13)18/h2-9,11H,10H2,1H3,(H,21,24)/b19-11-. The lowest BCUT2D eigenvalue weighted by Gasteiger charge is -2.03. The predicted molar refractivity (Wildman–Crippen MR) is 92.6 cm³/mol. The Kier molecular flexibility index (Phi) is 4.81. The molecule has 1 heterocycles. The van der Waals surface area contributed by atoms with Gasteiger partial charge in [-0.05, 0) is 36.0 Å². The topological polar surface area (TPSA) is 55.2 Å². The molecule has 1 N–H and O–H groups in total. The van der Waals surface area contributed by atoms with E-state index in [0.717, 1.165) is 11.3 Å². The van der Waals surface area contributed by atoms with Crippen molar-refractivity contribution in [1.82, 2.24) is 14.9 Å². The molecule has 0 aliphatic heterocycles. The predicted octanol–water partition coefficient (Wildman–Crippen LogP) is 3.56. The van der Waals surface area contributed by atoms with E-state index in [1.807, 2.05) is 24.3 Å². The molecule has 0 saturated heterocycles. The summed E-state index contributed by atoms with van der Waals surface area (Å²) in [6.45, 7) is 0. The monoisotopic (exact) mass is 342 g/mol. The number of benzene rings is 2. The van der Waals surface area contributed by atoms with E-state index in [4.69, 9.17) is 17.0 Å². The first-order valence-corrected chi connectivity index (χ1v) is 7.66. The van der Waals surface area contributed by atoms with Crippen LogP contribution in [0.3, 0.4) is 0 Å². The fourth-order valence-electron chi connectivity index (χ4n) is 2.18. The van der Waals surface area contributed by atoms with E-state index in [-0.39, 0.29) is 5.82 Å². The molecule has 0 aliphatic carbocycles. The maximum Gasteiger partial charge on any atom is 0.216 e. The first-order valence-electron chi connectivity index (χ1n) is 7.25. The minimum Gasteiger partial charge on any atom is -0.497 e. The highest BCUT2D eigenvalue weighted by molar-refractivity contribution is 7.71. The highest BCUT2D eigenvalue weighted by atomic mass is 32.1. The van der Waals surface area contributed by atoms with Crippen LogP contribution >= 0.6 is 12.2 Å². The van der Waals surface area contributed by atoms with E-state index in [0.29, 0.717) is 22.6 Å². The first-order chi connectivity index (χ1) is 11.7. The number of nitrogens with zero attached hydrogens (tertiary/aromatic N) is 3. The van der Waals surface area contributed by atoms with E-state index in [1.54, 1.807) is 25.3 Å². The number of H-pyrrole nitrogens is 1. The summed E-state index contributed by atoms with van der Waals surface area (Å²) in [5.74, 6) is 1.08. The Hall–Kier alpha value is -2.80. The summed E-state index contributed by atoms with van der Waals surface area (Å²) in [4.78, 5) is 0. The van der Waals surface area contributed by atoms with Crippen LogP contribution in [0.2, 0.25) is 0 Å². The van der Waals surface area contributed by atoms with Gasteiger partial charge in [0.25, 0.3) is 0 Å². The van der Waals surface area contributed by atoms with Crippen LogP contribution in [0.4, 0.5) is 4.39 Å². The second-order valence-electron chi connectivity index (χ2n) is 5.05. The molecule has 5 nitrogen and oxygen atoms in total. The number of rotatable bonds is 5. The van der Waals surface area contributed by atoms with Crippen molar-refractivity contribution in [2.24, 2.45) is 5.10 Å². The third-order valence-electron chi connectivity index (χ3n) is 3.46. The van der Waals surface area contributed by atoms with Crippen molar-refractivity contribution < 1.29 is 9.13 Å². The summed E-state index contributed by atoms with van der Waals surface area (Å²) in [6.07, 6.45) is 1.96. The molecule has 0 bridgehead atoms. The lowest BCUT2D eigenvalue weighted by molar-refractivity contribution is 0.414. The second-order valence-corrected chi connectivity index (χ2v) is 5.43. The molecule has 0 unspecified atom stereocenters. The molecule has 3 rings (SSSR count). The summed E-state index contributed by atoms with van der Waals surface area (Å²) >= 11 is 5.19. The van der Waals surface area contributed by atoms with Gasteiger partial charge in [0.15, 0.2) is 5.82 Å². The number of nitrogens with one attached hydrogen (secondary N) is 1. The smallest absolute Gasteiger partial charge is 0.216 e. The summed E-state index contributed by atoms with van der Waals surface area (Å²) in [5.41, 5.74) is 1.42. The zero-order valence-corrected chi connectivity index (χ0v) is 13.8. The zero-order chi connectivity index (χ0) is 16.9. The Balaban J connectivity index is 1.86. The van der Waals surface area contributed by atoms with E-state index in [1.165, 1.54) is 17.0 Å². The molecular formula is C17H15FN4OS. The SMILES string of the molecule is COc1ccc(Cc2n[nH]c(=S)n2/N=C\c2ccccc2F)cc1. The average Bonchev–Trinajstić information content (AvgIpc) is 2.95. The van der Waals surface area contributed by atoms with Gasteiger partial charge in [-0.2, -0.15) is 14.9 Å². The molecule has 3 aromatic rings. The molecule has 2 aromatic carbocycles. The number of ether oxygens (including phenoxy) is 1. The van der Waals surface area contributed by atoms with Crippen molar-refractivity contribution in [3.63, 3.8) is 0 Å². The third kappa shape index (κ3) is 3.57. The molecule has 0 spiro atoms. The molecular weight excluding hydrogens is 327 g/mol. The maximum absolute atomic E-state index is 13.7. The summed E-state index contributed by atoms with van der Waals surface area (Å²) in [7, 11) is 1.62. The normalized spacial score (nSPS) is 11.1. The summed E-state index contributed by atoms with van der Waals surface area (Å²) in [5, 5.41) is 11.2. The number of halogens is 1. The molecule has 0 amide bonds. The number of aromatic amines is 1. The molecule has 122 valence electrons. The van der Waals surface area contributed by atoms with Crippen LogP contribution in [-0.4, -0.2) is 28.2 Å². The number of hydrogen-bond acceptors (Lipinski definition) is 4. The minimum atomic E-state index is -0.340. The van der Waals surface area contributed by atoms with Gasteiger partial charge in [0.2, 0.25) is 4.77 Å². The second kappa shape index (κ2) is 7.18. The Labute approximate surface area is 143 Å². The van der Waals surface area contributed by atoms with Gasteiger partial charge in [0.1, 0.15) is 11.6 Å². The van der Waals surface area contributed by atoms with Crippen molar-refractivity contribution in [3.8, 4) is 5.75 Å². The van der Waals surface area contributed by atoms with Crippen molar-refractivity contribution in [1.29, 1.82) is 0 Å². The molecule has 0 fully saturated rings. The van der Waals surface area contributed by atoms with Gasteiger partial charge in [-0.3, -0.25) is 5.10 Å². The minimum absolute atomic E-state index is 0.340. The third-order valence-corrected chi connectivity index (χ3v) is 3.72. The molecule has 0 radical (unpaired) electrons. The van der Waals surface area contributed by atoms with Crippen molar-refractivity contribution in [3.05, 3.63) is 76.1 Å². The number of methoxy groups -OCH3 is 1. The van der Waals surface area contributed by atoms with Crippen molar-refractivity contribution in [2.75, 3.05) is 7.11 Å². The van der Waals surface area contributed by atoms with Gasteiger partial charge in [-0.1, -0.05) is 30.3 Å². The largest absolute Gasteiger partial charge is 0.497 e. The lowest BCUT2D eigenvalue weighted by Crippen LogP contribution is -2.01. The van der Waals surface area contributed by atoms with Crippen LogP contribution in [0.5, 0.6) is 5.75 Å². The van der Waals surface area contributed by atoms with Crippen LogP contribution in [0.25, 0.3) is 0 Å². The van der Waals surface area contributed by atoms with Gasteiger partial charge in [0, 0.05) is 12.0 Å². The Morgan fingerprint density at radius 2 is 2.00 bits per heavy atom. The van der Waals surface area contributed by atoms with Crippen LogP contribution in [0.1, 0.15) is 17.0 Å². The van der Waals surface area contributed by atoms with Gasteiger partial charge >= 0.3 is 0 Å². The van der Waals surface area contributed by atoms with Crippen LogP contribution in [-0.2, 0) is 6.42 Å². The van der Waals surface area contributed by atoms with Crippen LogP contribution in [0.15, 0.2) is 53.6 Å². The zero-order valence-electron chi connectivity index (χ0n) is 12.9. The molecule has 0 aliphatic rings. The van der Waals surface area contributed by atoms with Crippen LogP contribution in [0, 0.1) is 10.6 Å². The molecule has 1 aromatic heterocycles. The van der Waals surface area contributed by atoms with Gasteiger partial charge in [0.05, 0.1) is 13.3 Å². The Bertz CT molecular complexity index is 915. The van der Waals surface area contributed by atoms with E-state index < -0.39 is 0 Å². The van der Waals surface area contributed by atoms with E-state index >= 15 is 0 Å².